The molecule has 3 aromatic rings. The Kier molecular flexibility index (Phi) is 7.28. The predicted octanol–water partition coefficient (Wildman–Crippen LogP) is 5.36. The van der Waals surface area contributed by atoms with Crippen LogP contribution < -0.4 is 10.2 Å². The monoisotopic (exact) mass is 507 g/mol. The smallest absolute Gasteiger partial charge is 0.321 e. The van der Waals surface area contributed by atoms with Crippen LogP contribution in [0.15, 0.2) is 53.0 Å². The van der Waals surface area contributed by atoms with E-state index < -0.39 is 0 Å². The van der Waals surface area contributed by atoms with Gasteiger partial charge in [-0.05, 0) is 44.0 Å². The van der Waals surface area contributed by atoms with Gasteiger partial charge in [-0.1, -0.05) is 58.7 Å². The lowest BCUT2D eigenvalue weighted by molar-refractivity contribution is 0.208. The Morgan fingerprint density at radius 1 is 1.03 bits per heavy atom. The Bertz CT molecular complexity index is 1120. The molecule has 1 aliphatic rings. The third-order valence-corrected chi connectivity index (χ3v) is 6.45. The third kappa shape index (κ3) is 5.71. The zero-order valence-corrected chi connectivity index (χ0v) is 21.0. The van der Waals surface area contributed by atoms with E-state index in [0.717, 1.165) is 53.4 Å². The number of aromatic nitrogens is 2. The molecule has 33 heavy (non-hydrogen) atoms. The second kappa shape index (κ2) is 10.3. The van der Waals surface area contributed by atoms with Gasteiger partial charge in [-0.2, -0.15) is 0 Å². The number of benzene rings is 2. The maximum atomic E-state index is 12.8. The van der Waals surface area contributed by atoms with Crippen molar-refractivity contribution >= 4 is 33.5 Å². The molecule has 172 valence electrons. The normalized spacial score (nSPS) is 13.8. The van der Waals surface area contributed by atoms with Crippen molar-refractivity contribution in [2.24, 2.45) is 0 Å². The molecular formula is C26H30BrN5O. The molecule has 6 nitrogen and oxygen atoms in total. The second-order valence-electron chi connectivity index (χ2n) is 8.45. The van der Waals surface area contributed by atoms with Gasteiger partial charge in [0.25, 0.3) is 0 Å². The van der Waals surface area contributed by atoms with Crippen LogP contribution in [0, 0.1) is 13.8 Å². The molecule has 2 heterocycles. The number of nitrogens with zero attached hydrogens (tertiary/aromatic N) is 4. The topological polar surface area (TPSA) is 61.4 Å². The van der Waals surface area contributed by atoms with E-state index in [1.165, 1.54) is 16.7 Å². The number of rotatable bonds is 5. The van der Waals surface area contributed by atoms with Crippen LogP contribution >= 0.6 is 15.9 Å². The number of nitrogens with one attached hydrogen (secondary N) is 1. The summed E-state index contributed by atoms with van der Waals surface area (Å²) in [6, 6.07) is 16.3. The van der Waals surface area contributed by atoms with Gasteiger partial charge in [0.05, 0.1) is 0 Å². The standard InChI is InChI=1S/C26H30BrN5O/c1-4-24-23(16-20-10-8-18(2)9-11-20)25(29-19(3)28-24)31-12-14-32(15-13-31)26(33)30-22-7-5-6-21(27)17-22/h5-11,17H,4,12-16H2,1-3H3,(H,30,33). The molecule has 0 unspecified atom stereocenters. The van der Waals surface area contributed by atoms with Gasteiger partial charge < -0.3 is 15.1 Å². The van der Waals surface area contributed by atoms with Crippen LogP contribution in [-0.4, -0.2) is 47.1 Å². The van der Waals surface area contributed by atoms with Crippen molar-refractivity contribution in [3.63, 3.8) is 0 Å². The first-order valence-corrected chi connectivity index (χ1v) is 12.2. The minimum absolute atomic E-state index is 0.0688. The summed E-state index contributed by atoms with van der Waals surface area (Å²) in [4.78, 5) is 26.5. The second-order valence-corrected chi connectivity index (χ2v) is 9.37. The van der Waals surface area contributed by atoms with Crippen molar-refractivity contribution in [3.8, 4) is 0 Å². The Morgan fingerprint density at radius 3 is 2.42 bits per heavy atom. The van der Waals surface area contributed by atoms with Gasteiger partial charge in [0.2, 0.25) is 0 Å². The molecular weight excluding hydrogens is 478 g/mol. The number of carbonyl (C=O) groups excluding carboxylic acids is 1. The van der Waals surface area contributed by atoms with E-state index in [1.807, 2.05) is 36.1 Å². The number of halogens is 1. The van der Waals surface area contributed by atoms with Gasteiger partial charge in [-0.25, -0.2) is 14.8 Å². The van der Waals surface area contributed by atoms with Crippen LogP contribution in [0.2, 0.25) is 0 Å². The highest BCUT2D eigenvalue weighted by atomic mass is 79.9. The summed E-state index contributed by atoms with van der Waals surface area (Å²) in [5, 5.41) is 3.00. The lowest BCUT2D eigenvalue weighted by atomic mass is 10.0. The molecule has 2 amide bonds. The van der Waals surface area contributed by atoms with Gasteiger partial charge in [-0.15, -0.1) is 0 Å². The highest BCUT2D eigenvalue weighted by molar-refractivity contribution is 9.10. The SMILES string of the molecule is CCc1nc(C)nc(N2CCN(C(=O)Nc3cccc(Br)c3)CC2)c1Cc1ccc(C)cc1. The number of aryl methyl sites for hydroxylation is 3. The number of hydrogen-bond acceptors (Lipinski definition) is 4. The van der Waals surface area contributed by atoms with Gasteiger partial charge in [0, 0.05) is 54.0 Å². The van der Waals surface area contributed by atoms with Crippen LogP contribution in [-0.2, 0) is 12.8 Å². The zero-order chi connectivity index (χ0) is 23.4. The number of hydrogen-bond donors (Lipinski definition) is 1. The van der Waals surface area contributed by atoms with Crippen molar-refractivity contribution in [1.82, 2.24) is 14.9 Å². The largest absolute Gasteiger partial charge is 0.353 e. The van der Waals surface area contributed by atoms with E-state index in [4.69, 9.17) is 9.97 Å². The van der Waals surface area contributed by atoms with E-state index in [9.17, 15) is 4.79 Å². The minimum Gasteiger partial charge on any atom is -0.353 e. The summed E-state index contributed by atoms with van der Waals surface area (Å²) >= 11 is 3.45. The number of anilines is 2. The van der Waals surface area contributed by atoms with E-state index in [2.05, 4.69) is 64.3 Å². The van der Waals surface area contributed by atoms with Crippen LogP contribution in [0.4, 0.5) is 16.3 Å². The van der Waals surface area contributed by atoms with Crippen molar-refractivity contribution in [3.05, 3.63) is 81.2 Å². The lowest BCUT2D eigenvalue weighted by Crippen LogP contribution is -2.50. The average Bonchev–Trinajstić information content (AvgIpc) is 2.81. The average molecular weight is 508 g/mol. The van der Waals surface area contributed by atoms with Crippen LogP contribution in [0.1, 0.15) is 35.1 Å². The lowest BCUT2D eigenvalue weighted by Gasteiger charge is -2.36. The van der Waals surface area contributed by atoms with E-state index in [0.29, 0.717) is 13.1 Å². The van der Waals surface area contributed by atoms with Crippen LogP contribution in [0.5, 0.6) is 0 Å². The fourth-order valence-electron chi connectivity index (χ4n) is 4.17. The van der Waals surface area contributed by atoms with Crippen LogP contribution in [0.25, 0.3) is 0 Å². The molecule has 0 bridgehead atoms. The summed E-state index contributed by atoms with van der Waals surface area (Å²) in [7, 11) is 0. The summed E-state index contributed by atoms with van der Waals surface area (Å²) in [5.41, 5.74) is 5.60. The summed E-state index contributed by atoms with van der Waals surface area (Å²) in [5.74, 6) is 1.80. The van der Waals surface area contributed by atoms with E-state index >= 15 is 0 Å². The molecule has 0 radical (unpaired) electrons. The number of amides is 2. The van der Waals surface area contributed by atoms with E-state index in [1.54, 1.807) is 0 Å². The first-order chi connectivity index (χ1) is 15.9. The Labute approximate surface area is 204 Å². The third-order valence-electron chi connectivity index (χ3n) is 5.96. The maximum Gasteiger partial charge on any atom is 0.321 e. The van der Waals surface area contributed by atoms with Gasteiger partial charge in [0.1, 0.15) is 11.6 Å². The summed E-state index contributed by atoms with van der Waals surface area (Å²) in [6.07, 6.45) is 1.68. The van der Waals surface area contributed by atoms with Gasteiger partial charge in [-0.3, -0.25) is 0 Å². The molecule has 1 fully saturated rings. The Hall–Kier alpha value is -2.93. The molecule has 0 atom stereocenters. The minimum atomic E-state index is -0.0688. The van der Waals surface area contributed by atoms with Gasteiger partial charge >= 0.3 is 6.03 Å². The van der Waals surface area contributed by atoms with E-state index in [-0.39, 0.29) is 6.03 Å². The van der Waals surface area contributed by atoms with Crippen molar-refractivity contribution < 1.29 is 4.79 Å². The molecule has 2 aromatic carbocycles. The number of urea groups is 1. The molecule has 1 aliphatic heterocycles. The predicted molar refractivity (Wildman–Crippen MR) is 137 cm³/mol. The quantitative estimate of drug-likeness (QED) is 0.504. The van der Waals surface area contributed by atoms with Crippen molar-refractivity contribution in [2.75, 3.05) is 36.4 Å². The molecule has 1 N–H and O–H groups in total. The molecule has 0 aliphatic carbocycles. The van der Waals surface area contributed by atoms with Crippen LogP contribution in [0.3, 0.4) is 0 Å². The fourth-order valence-corrected chi connectivity index (χ4v) is 4.57. The number of piperazine rings is 1. The van der Waals surface area contributed by atoms with Crippen molar-refractivity contribution in [1.29, 1.82) is 0 Å². The molecule has 1 aromatic heterocycles. The molecule has 0 saturated carbocycles. The molecule has 4 rings (SSSR count). The van der Waals surface area contributed by atoms with Gasteiger partial charge in [0.15, 0.2) is 0 Å². The highest BCUT2D eigenvalue weighted by Gasteiger charge is 2.25. The maximum absolute atomic E-state index is 12.8. The zero-order valence-electron chi connectivity index (χ0n) is 19.4. The molecule has 7 heteroatoms. The Morgan fingerprint density at radius 2 is 1.76 bits per heavy atom. The summed E-state index contributed by atoms with van der Waals surface area (Å²) in [6.45, 7) is 8.99. The number of carbonyl (C=O) groups is 1. The summed E-state index contributed by atoms with van der Waals surface area (Å²) < 4.78 is 0.942. The fraction of sp³-hybridized carbons (Fsp3) is 0.346. The molecule has 0 spiro atoms. The highest BCUT2D eigenvalue weighted by Crippen LogP contribution is 2.26. The Balaban J connectivity index is 1.49. The first kappa shape index (κ1) is 23.2. The van der Waals surface area contributed by atoms with Crippen molar-refractivity contribution in [2.45, 2.75) is 33.6 Å². The first-order valence-electron chi connectivity index (χ1n) is 11.4. The molecule has 1 saturated heterocycles.